The number of hydrogen-bond donors (Lipinski definition) is 2. The van der Waals surface area contributed by atoms with Crippen molar-refractivity contribution in [3.63, 3.8) is 0 Å². The number of aromatic amines is 1. The number of nitrogens with zero attached hydrogens (tertiary/aromatic N) is 2. The number of H-pyrrole nitrogens is 1. The molecule has 0 amide bonds. The van der Waals surface area contributed by atoms with Gasteiger partial charge in [-0.1, -0.05) is 11.8 Å². The van der Waals surface area contributed by atoms with E-state index in [2.05, 4.69) is 5.10 Å². The summed E-state index contributed by atoms with van der Waals surface area (Å²) in [7, 11) is 0. The third kappa shape index (κ3) is 1.27. The second kappa shape index (κ2) is 2.79. The van der Waals surface area contributed by atoms with E-state index in [-0.39, 0.29) is 5.16 Å². The maximum absolute atomic E-state index is 10.8. The molecule has 11 heavy (non-hydrogen) atoms. The minimum Gasteiger partial charge on any atom is -0.334 e. The lowest BCUT2D eigenvalue weighted by Crippen LogP contribution is -2.41. The molecule has 0 bridgehead atoms. The number of hydrogen-bond acceptors (Lipinski definition) is 5. The zero-order valence-electron chi connectivity index (χ0n) is 5.70. The van der Waals surface area contributed by atoms with E-state index < -0.39 is 11.1 Å². The summed E-state index contributed by atoms with van der Waals surface area (Å²) in [4.78, 5) is 21.4. The lowest BCUT2D eigenvalue weighted by atomic mass is 10.8. The molecule has 0 saturated heterocycles. The highest BCUT2D eigenvalue weighted by molar-refractivity contribution is 7.98. The molecule has 0 saturated carbocycles. The van der Waals surface area contributed by atoms with E-state index in [4.69, 9.17) is 5.84 Å². The van der Waals surface area contributed by atoms with Gasteiger partial charge < -0.3 is 5.84 Å². The van der Waals surface area contributed by atoms with Gasteiger partial charge in [0.1, 0.15) is 0 Å². The van der Waals surface area contributed by atoms with Gasteiger partial charge in [0, 0.05) is 0 Å². The lowest BCUT2D eigenvalue weighted by molar-refractivity contribution is 0.682. The largest absolute Gasteiger partial charge is 0.338 e. The van der Waals surface area contributed by atoms with Gasteiger partial charge in [-0.25, -0.2) is 5.10 Å². The molecule has 0 aliphatic carbocycles. The second-order valence-corrected chi connectivity index (χ2v) is 2.49. The Balaban J connectivity index is 3.50. The third-order valence-corrected chi connectivity index (χ3v) is 1.71. The van der Waals surface area contributed by atoms with Crippen LogP contribution in [0.25, 0.3) is 0 Å². The van der Waals surface area contributed by atoms with Crippen LogP contribution in [0.3, 0.4) is 0 Å². The molecule has 0 aliphatic heterocycles. The van der Waals surface area contributed by atoms with Crippen molar-refractivity contribution in [2.75, 3.05) is 12.1 Å². The van der Waals surface area contributed by atoms with Crippen LogP contribution in [0.5, 0.6) is 0 Å². The van der Waals surface area contributed by atoms with E-state index in [1.54, 1.807) is 6.26 Å². The molecule has 1 heterocycles. The van der Waals surface area contributed by atoms with Crippen molar-refractivity contribution in [3.8, 4) is 0 Å². The van der Waals surface area contributed by atoms with Crippen LogP contribution in [0.4, 0.5) is 0 Å². The fraction of sp³-hybridized carbons (Fsp3) is 0.250. The van der Waals surface area contributed by atoms with Crippen LogP contribution in [-0.4, -0.2) is 21.1 Å². The molecule has 0 spiro atoms. The molecule has 1 rings (SSSR count). The molecule has 0 atom stereocenters. The van der Waals surface area contributed by atoms with E-state index in [9.17, 15) is 9.59 Å². The van der Waals surface area contributed by atoms with E-state index in [0.29, 0.717) is 4.68 Å². The summed E-state index contributed by atoms with van der Waals surface area (Å²) in [6, 6.07) is 0. The van der Waals surface area contributed by atoms with Gasteiger partial charge in [0.05, 0.1) is 0 Å². The minimum absolute atomic E-state index is 0.273. The Labute approximate surface area is 65.4 Å². The number of nitrogens with one attached hydrogen (secondary N) is 1. The molecule has 7 heteroatoms. The molecule has 1 aromatic heterocycles. The SMILES string of the molecule is CSc1n[nH]c(=O)c(=O)n1N. The molecular formula is C4H6N4O2S. The first-order valence-corrected chi connectivity index (χ1v) is 3.90. The van der Waals surface area contributed by atoms with Gasteiger partial charge in [0.15, 0.2) is 0 Å². The minimum atomic E-state index is -0.815. The number of thioether (sulfide) groups is 1. The van der Waals surface area contributed by atoms with Crippen molar-refractivity contribution in [2.45, 2.75) is 5.16 Å². The van der Waals surface area contributed by atoms with Crippen molar-refractivity contribution in [1.82, 2.24) is 14.9 Å². The van der Waals surface area contributed by atoms with Crippen molar-refractivity contribution >= 4 is 11.8 Å². The van der Waals surface area contributed by atoms with Crippen LogP contribution >= 0.6 is 11.8 Å². The summed E-state index contributed by atoms with van der Waals surface area (Å²) in [5.74, 6) is 5.19. The summed E-state index contributed by atoms with van der Waals surface area (Å²) in [5.41, 5.74) is -1.62. The van der Waals surface area contributed by atoms with Crippen molar-refractivity contribution < 1.29 is 0 Å². The van der Waals surface area contributed by atoms with Gasteiger partial charge in [0.2, 0.25) is 5.16 Å². The third-order valence-electron chi connectivity index (χ3n) is 1.05. The number of nitrogen functional groups attached to an aromatic ring is 1. The predicted octanol–water partition coefficient (Wildman–Crippen LogP) is -1.63. The van der Waals surface area contributed by atoms with Crippen LogP contribution < -0.4 is 17.0 Å². The number of rotatable bonds is 1. The summed E-state index contributed by atoms with van der Waals surface area (Å²) >= 11 is 1.17. The van der Waals surface area contributed by atoms with Gasteiger partial charge in [-0.15, -0.1) is 5.10 Å². The number of aromatic nitrogens is 3. The van der Waals surface area contributed by atoms with Crippen molar-refractivity contribution in [1.29, 1.82) is 0 Å². The highest BCUT2D eigenvalue weighted by atomic mass is 32.2. The molecule has 0 unspecified atom stereocenters. The molecule has 0 aliphatic rings. The highest BCUT2D eigenvalue weighted by Crippen LogP contribution is 2.02. The second-order valence-electron chi connectivity index (χ2n) is 1.71. The standard InChI is InChI=1S/C4H6N4O2S/c1-11-4-7-6-2(9)3(10)8(4)5/h5H2,1H3,(H,6,9). The Kier molecular flexibility index (Phi) is 1.99. The summed E-state index contributed by atoms with van der Waals surface area (Å²) in [5, 5.41) is 5.81. The van der Waals surface area contributed by atoms with Crippen molar-refractivity contribution in [3.05, 3.63) is 20.7 Å². The van der Waals surface area contributed by atoms with Gasteiger partial charge in [-0.2, -0.15) is 4.68 Å². The maximum atomic E-state index is 10.8. The first-order valence-electron chi connectivity index (χ1n) is 2.67. The fourth-order valence-corrected chi connectivity index (χ4v) is 0.957. The zero-order valence-corrected chi connectivity index (χ0v) is 6.51. The predicted molar refractivity (Wildman–Crippen MR) is 41.0 cm³/mol. The van der Waals surface area contributed by atoms with Crippen molar-refractivity contribution in [2.24, 2.45) is 0 Å². The Hall–Kier alpha value is -1.24. The Morgan fingerprint density at radius 2 is 2.27 bits per heavy atom. The smallest absolute Gasteiger partial charge is 0.334 e. The first kappa shape index (κ1) is 7.86. The van der Waals surface area contributed by atoms with E-state index in [0.717, 1.165) is 0 Å². The average Bonchev–Trinajstić information content (AvgIpc) is 2.01. The molecule has 0 fully saturated rings. The Morgan fingerprint density at radius 1 is 1.64 bits per heavy atom. The zero-order chi connectivity index (χ0) is 8.43. The first-order chi connectivity index (χ1) is 5.16. The Bertz CT molecular complexity index is 367. The molecule has 0 radical (unpaired) electrons. The average molecular weight is 174 g/mol. The monoisotopic (exact) mass is 174 g/mol. The highest BCUT2D eigenvalue weighted by Gasteiger charge is 2.02. The molecule has 3 N–H and O–H groups in total. The summed E-state index contributed by atoms with van der Waals surface area (Å²) in [6.07, 6.45) is 1.70. The van der Waals surface area contributed by atoms with E-state index >= 15 is 0 Å². The van der Waals surface area contributed by atoms with Gasteiger partial charge in [-0.3, -0.25) is 9.59 Å². The van der Waals surface area contributed by atoms with Gasteiger partial charge in [-0.05, 0) is 6.26 Å². The van der Waals surface area contributed by atoms with Crippen LogP contribution in [0.15, 0.2) is 14.7 Å². The molecular weight excluding hydrogens is 168 g/mol. The Morgan fingerprint density at radius 3 is 2.82 bits per heavy atom. The van der Waals surface area contributed by atoms with E-state index in [1.165, 1.54) is 11.8 Å². The summed E-state index contributed by atoms with van der Waals surface area (Å²) < 4.78 is 0.712. The van der Waals surface area contributed by atoms with Gasteiger partial charge in [0.25, 0.3) is 0 Å². The lowest BCUT2D eigenvalue weighted by Gasteiger charge is -1.99. The topological polar surface area (TPSA) is 93.8 Å². The molecule has 1 aromatic rings. The normalized spacial score (nSPS) is 9.91. The van der Waals surface area contributed by atoms with Crippen LogP contribution in [0, 0.1) is 0 Å². The maximum Gasteiger partial charge on any atom is 0.338 e. The molecule has 60 valence electrons. The molecule has 6 nitrogen and oxygen atoms in total. The number of nitrogens with two attached hydrogens (primary N) is 1. The van der Waals surface area contributed by atoms with Crippen LogP contribution in [0.1, 0.15) is 0 Å². The van der Waals surface area contributed by atoms with Gasteiger partial charge >= 0.3 is 11.1 Å². The van der Waals surface area contributed by atoms with E-state index in [1.807, 2.05) is 5.10 Å². The van der Waals surface area contributed by atoms with Crippen LogP contribution in [0.2, 0.25) is 0 Å². The summed E-state index contributed by atoms with van der Waals surface area (Å²) in [6.45, 7) is 0. The fourth-order valence-electron chi connectivity index (χ4n) is 0.541. The quantitative estimate of drug-likeness (QED) is 0.303. The van der Waals surface area contributed by atoms with Crippen LogP contribution in [-0.2, 0) is 0 Å². The molecule has 0 aromatic carbocycles.